The second kappa shape index (κ2) is 13.4. The fraction of sp³-hybridized carbons (Fsp3) is 0. The minimum atomic E-state index is 1.17. The maximum Gasteiger partial charge on any atom is 0.0541 e. The molecule has 0 saturated carbocycles. The van der Waals surface area contributed by atoms with E-state index in [1.165, 1.54) is 103 Å². The van der Waals surface area contributed by atoms with Gasteiger partial charge < -0.3 is 4.57 Å². The summed E-state index contributed by atoms with van der Waals surface area (Å²) < 4.78 is 5.01. The third-order valence-corrected chi connectivity index (χ3v) is 12.4. The molecular formula is C54H35NS. The van der Waals surface area contributed by atoms with Crippen LogP contribution in [0.25, 0.3) is 103 Å². The molecule has 0 aliphatic heterocycles. The Kier molecular flexibility index (Phi) is 7.75. The third-order valence-electron chi connectivity index (χ3n) is 11.2. The van der Waals surface area contributed by atoms with E-state index in [0.29, 0.717) is 0 Å². The summed E-state index contributed by atoms with van der Waals surface area (Å²) >= 11 is 1.89. The number of hydrogen-bond acceptors (Lipinski definition) is 1. The van der Waals surface area contributed by atoms with Crippen molar-refractivity contribution in [2.24, 2.45) is 0 Å². The largest absolute Gasteiger partial charge is 0.309 e. The van der Waals surface area contributed by atoms with E-state index in [2.05, 4.69) is 217 Å². The average molecular weight is 730 g/mol. The van der Waals surface area contributed by atoms with Gasteiger partial charge in [-0.2, -0.15) is 0 Å². The van der Waals surface area contributed by atoms with Gasteiger partial charge in [0.2, 0.25) is 0 Å². The fourth-order valence-corrected chi connectivity index (χ4v) is 9.69. The molecule has 9 aromatic carbocycles. The average Bonchev–Trinajstić information content (AvgIpc) is 3.82. The molecule has 262 valence electrons. The molecule has 0 saturated heterocycles. The summed E-state index contributed by atoms with van der Waals surface area (Å²) in [6, 6.07) is 77.7. The van der Waals surface area contributed by atoms with E-state index in [9.17, 15) is 0 Å². The highest BCUT2D eigenvalue weighted by molar-refractivity contribution is 7.26. The number of benzene rings is 9. The van der Waals surface area contributed by atoms with Gasteiger partial charge in [0.15, 0.2) is 0 Å². The molecule has 11 rings (SSSR count). The topological polar surface area (TPSA) is 4.93 Å². The van der Waals surface area contributed by atoms with Gasteiger partial charge in [-0.05, 0) is 122 Å². The van der Waals surface area contributed by atoms with Crippen molar-refractivity contribution >= 4 is 53.3 Å². The first-order valence-corrected chi connectivity index (χ1v) is 20.0. The Morgan fingerprint density at radius 1 is 0.286 bits per heavy atom. The van der Waals surface area contributed by atoms with Gasteiger partial charge in [0.05, 0.1) is 11.0 Å². The van der Waals surface area contributed by atoms with Crippen LogP contribution in [0.1, 0.15) is 0 Å². The van der Waals surface area contributed by atoms with Gasteiger partial charge in [-0.3, -0.25) is 0 Å². The molecule has 2 heteroatoms. The van der Waals surface area contributed by atoms with Crippen molar-refractivity contribution in [1.29, 1.82) is 0 Å². The zero-order valence-corrected chi connectivity index (χ0v) is 31.4. The predicted octanol–water partition coefficient (Wildman–Crippen LogP) is 15.5. The minimum absolute atomic E-state index is 1.17. The van der Waals surface area contributed by atoms with E-state index in [1.807, 2.05) is 11.3 Å². The van der Waals surface area contributed by atoms with E-state index in [0.717, 1.165) is 0 Å². The van der Waals surface area contributed by atoms with Gasteiger partial charge in [-0.25, -0.2) is 0 Å². The summed E-state index contributed by atoms with van der Waals surface area (Å²) in [6.07, 6.45) is 0. The maximum absolute atomic E-state index is 2.40. The standard InChI is InChI=1S/C54H35NS/c1-4-14-36(15-5-1)38-18-12-19-39(30-38)42-31-43(41-26-28-52-49(34-41)47-22-10-11-25-51(47)55(52)45-20-8-3-9-21-45)33-44(32-42)46-23-13-24-48-50-35-40(37-16-6-2-7-17-37)27-29-53(50)56-54(46)48/h1-35H. The second-order valence-electron chi connectivity index (χ2n) is 14.5. The number of aromatic nitrogens is 1. The maximum atomic E-state index is 2.40. The van der Waals surface area contributed by atoms with Crippen LogP contribution in [0.5, 0.6) is 0 Å². The lowest BCUT2D eigenvalue weighted by Crippen LogP contribution is -1.93. The third kappa shape index (κ3) is 5.54. The summed E-state index contributed by atoms with van der Waals surface area (Å²) in [4.78, 5) is 0. The van der Waals surface area contributed by atoms with Gasteiger partial charge in [0, 0.05) is 36.6 Å². The van der Waals surface area contributed by atoms with E-state index in [4.69, 9.17) is 0 Å². The van der Waals surface area contributed by atoms with Crippen LogP contribution in [-0.4, -0.2) is 4.57 Å². The lowest BCUT2D eigenvalue weighted by molar-refractivity contribution is 1.18. The monoisotopic (exact) mass is 729 g/mol. The zero-order chi connectivity index (χ0) is 37.0. The Morgan fingerprint density at radius 3 is 1.54 bits per heavy atom. The molecule has 0 N–H and O–H groups in total. The Hall–Kier alpha value is -7.00. The van der Waals surface area contributed by atoms with Crippen LogP contribution >= 0.6 is 11.3 Å². The number of nitrogens with zero attached hydrogens (tertiary/aromatic N) is 1. The summed E-state index contributed by atoms with van der Waals surface area (Å²) in [5.41, 5.74) is 15.8. The molecule has 1 nitrogen and oxygen atoms in total. The Morgan fingerprint density at radius 2 is 0.786 bits per heavy atom. The summed E-state index contributed by atoms with van der Waals surface area (Å²) in [6.45, 7) is 0. The SMILES string of the molecule is c1ccc(-c2cccc(-c3cc(-c4ccc5c(c4)c4ccccc4n5-c4ccccc4)cc(-c4cccc5c4sc4ccc(-c6ccccc6)cc45)c3)c2)cc1. The Balaban J connectivity index is 1.12. The molecule has 0 amide bonds. The second-order valence-corrected chi connectivity index (χ2v) is 15.6. The molecule has 0 fully saturated rings. The fourth-order valence-electron chi connectivity index (χ4n) is 8.47. The van der Waals surface area contributed by atoms with Crippen molar-refractivity contribution in [3.8, 4) is 61.3 Å². The molecule has 0 radical (unpaired) electrons. The van der Waals surface area contributed by atoms with E-state index < -0.39 is 0 Å². The van der Waals surface area contributed by atoms with Crippen LogP contribution in [0.3, 0.4) is 0 Å². The molecule has 11 aromatic rings. The summed E-state index contributed by atoms with van der Waals surface area (Å²) in [5.74, 6) is 0. The molecule has 56 heavy (non-hydrogen) atoms. The Labute approximate surface area is 330 Å². The van der Waals surface area contributed by atoms with Crippen molar-refractivity contribution < 1.29 is 0 Å². The van der Waals surface area contributed by atoms with Crippen molar-refractivity contribution in [3.05, 3.63) is 212 Å². The van der Waals surface area contributed by atoms with E-state index >= 15 is 0 Å². The van der Waals surface area contributed by atoms with E-state index in [-0.39, 0.29) is 0 Å². The zero-order valence-electron chi connectivity index (χ0n) is 30.6. The van der Waals surface area contributed by atoms with Crippen molar-refractivity contribution in [3.63, 3.8) is 0 Å². The van der Waals surface area contributed by atoms with Crippen LogP contribution in [-0.2, 0) is 0 Å². The lowest BCUT2D eigenvalue weighted by atomic mass is 9.91. The quantitative estimate of drug-likeness (QED) is 0.161. The van der Waals surface area contributed by atoms with Gasteiger partial charge >= 0.3 is 0 Å². The first-order chi connectivity index (χ1) is 27.7. The highest BCUT2D eigenvalue weighted by Gasteiger charge is 2.17. The van der Waals surface area contributed by atoms with Gasteiger partial charge in [0.1, 0.15) is 0 Å². The summed E-state index contributed by atoms with van der Waals surface area (Å²) in [7, 11) is 0. The number of hydrogen-bond donors (Lipinski definition) is 0. The molecule has 0 aliphatic carbocycles. The minimum Gasteiger partial charge on any atom is -0.309 e. The summed E-state index contributed by atoms with van der Waals surface area (Å²) in [5, 5.41) is 5.11. The predicted molar refractivity (Wildman–Crippen MR) is 241 cm³/mol. The molecule has 2 aromatic heterocycles. The number of para-hydroxylation sites is 2. The molecule has 0 aliphatic rings. The Bertz CT molecular complexity index is 3230. The van der Waals surface area contributed by atoms with Crippen LogP contribution < -0.4 is 0 Å². The van der Waals surface area contributed by atoms with Crippen LogP contribution in [0.15, 0.2) is 212 Å². The molecule has 2 heterocycles. The molecule has 0 unspecified atom stereocenters. The van der Waals surface area contributed by atoms with Crippen LogP contribution in [0.4, 0.5) is 0 Å². The lowest BCUT2D eigenvalue weighted by Gasteiger charge is -2.13. The molecule has 0 bridgehead atoms. The highest BCUT2D eigenvalue weighted by atomic mass is 32.1. The smallest absolute Gasteiger partial charge is 0.0541 e. The first kappa shape index (κ1) is 32.4. The van der Waals surface area contributed by atoms with Gasteiger partial charge in [-0.15, -0.1) is 11.3 Å². The molecule has 0 spiro atoms. The first-order valence-electron chi connectivity index (χ1n) is 19.2. The highest BCUT2D eigenvalue weighted by Crippen LogP contribution is 2.44. The van der Waals surface area contributed by atoms with Crippen LogP contribution in [0.2, 0.25) is 0 Å². The number of rotatable bonds is 6. The number of thiophene rings is 1. The normalized spacial score (nSPS) is 11.6. The molecular weight excluding hydrogens is 695 g/mol. The van der Waals surface area contributed by atoms with Crippen LogP contribution in [0, 0.1) is 0 Å². The van der Waals surface area contributed by atoms with Crippen molar-refractivity contribution in [2.45, 2.75) is 0 Å². The van der Waals surface area contributed by atoms with E-state index in [1.54, 1.807) is 0 Å². The van der Waals surface area contributed by atoms with Gasteiger partial charge in [-0.1, -0.05) is 146 Å². The number of fused-ring (bicyclic) bond motifs is 6. The van der Waals surface area contributed by atoms with Gasteiger partial charge in [0.25, 0.3) is 0 Å². The van der Waals surface area contributed by atoms with Crippen molar-refractivity contribution in [1.82, 2.24) is 4.57 Å². The molecule has 0 atom stereocenters. The van der Waals surface area contributed by atoms with Crippen molar-refractivity contribution in [2.75, 3.05) is 0 Å².